The maximum atomic E-state index is 14.3. The Morgan fingerprint density at radius 2 is 1.86 bits per heavy atom. The number of aryl methyl sites for hydroxylation is 1. The van der Waals surface area contributed by atoms with Crippen molar-refractivity contribution in [3.8, 4) is 5.75 Å². The minimum atomic E-state index is -3.16. The van der Waals surface area contributed by atoms with Crippen LogP contribution in [0.15, 0.2) is 35.1 Å². The van der Waals surface area contributed by atoms with Gasteiger partial charge in [-0.15, -0.1) is 0 Å². The lowest BCUT2D eigenvalue weighted by Crippen LogP contribution is -2.46. The molecule has 3 saturated heterocycles. The summed E-state index contributed by atoms with van der Waals surface area (Å²) in [5.41, 5.74) is 1.32. The van der Waals surface area contributed by atoms with E-state index < -0.39 is 46.0 Å². The number of amides is 2. The van der Waals surface area contributed by atoms with Gasteiger partial charge in [0.1, 0.15) is 41.7 Å². The Hall–Kier alpha value is -3.80. The molecule has 236 valence electrons. The summed E-state index contributed by atoms with van der Waals surface area (Å²) >= 11 is 0. The molecule has 3 aliphatic heterocycles. The predicted octanol–water partition coefficient (Wildman–Crippen LogP) is 2.20. The summed E-state index contributed by atoms with van der Waals surface area (Å²) in [4.78, 5) is 30.0. The molecule has 0 bridgehead atoms. The summed E-state index contributed by atoms with van der Waals surface area (Å²) in [5, 5.41) is 7.31. The van der Waals surface area contributed by atoms with E-state index in [0.717, 1.165) is 4.90 Å². The van der Waals surface area contributed by atoms with Gasteiger partial charge >= 0.3 is 6.43 Å². The van der Waals surface area contributed by atoms with Crippen molar-refractivity contribution in [2.45, 2.75) is 37.8 Å². The third-order valence-electron chi connectivity index (χ3n) is 7.91. The summed E-state index contributed by atoms with van der Waals surface area (Å²) in [6.45, 7) is 1.84. The van der Waals surface area contributed by atoms with Crippen LogP contribution in [0.25, 0.3) is 5.52 Å². The minimum absolute atomic E-state index is 0.109. The predicted molar refractivity (Wildman–Crippen MR) is 149 cm³/mol. The van der Waals surface area contributed by atoms with Crippen LogP contribution in [0.4, 0.5) is 24.7 Å². The molecule has 2 aromatic heterocycles. The number of fused-ring (bicyclic) bond motifs is 2. The number of methoxy groups -OCH3 is 1. The van der Waals surface area contributed by atoms with Gasteiger partial charge in [-0.2, -0.15) is 18.2 Å². The van der Waals surface area contributed by atoms with Gasteiger partial charge in [-0.3, -0.25) is 9.59 Å². The molecule has 3 aliphatic rings. The molecule has 3 fully saturated rings. The average molecular weight is 639 g/mol. The molecule has 2 amide bonds. The maximum absolute atomic E-state index is 14.3. The smallest absolute Gasteiger partial charge is 0.315 e. The maximum Gasteiger partial charge on any atom is 0.315 e. The van der Waals surface area contributed by atoms with Crippen LogP contribution in [0.2, 0.25) is 0 Å². The molecule has 0 saturated carbocycles. The van der Waals surface area contributed by atoms with Crippen LogP contribution in [-0.4, -0.2) is 111 Å². The summed E-state index contributed by atoms with van der Waals surface area (Å²) in [5.74, 6) is -2.58. The van der Waals surface area contributed by atoms with E-state index in [9.17, 15) is 27.0 Å². The van der Waals surface area contributed by atoms with Gasteiger partial charge < -0.3 is 29.2 Å². The number of alkyl halides is 2. The fourth-order valence-electron chi connectivity index (χ4n) is 5.56. The van der Waals surface area contributed by atoms with E-state index >= 15 is 0 Å². The van der Waals surface area contributed by atoms with Gasteiger partial charge in [-0.25, -0.2) is 18.1 Å². The number of carbonyl (C=O) groups excluding carboxylic acids is 2. The second-order valence-corrected chi connectivity index (χ2v) is 13.1. The van der Waals surface area contributed by atoms with E-state index in [0.29, 0.717) is 23.4 Å². The summed E-state index contributed by atoms with van der Waals surface area (Å²) in [6, 6.07) is 3.97. The minimum Gasteiger partial charge on any atom is -0.483 e. The molecule has 5 heterocycles. The first kappa shape index (κ1) is 30.2. The molecule has 0 radical (unpaired) electrons. The molecule has 3 aromatic rings. The molecule has 6 rings (SSSR count). The fourth-order valence-corrected chi connectivity index (χ4v) is 7.36. The Kier molecular flexibility index (Phi) is 8.21. The van der Waals surface area contributed by atoms with Gasteiger partial charge in [-0.05, 0) is 24.6 Å². The number of nitrogens with zero attached hydrogens (tertiary/aromatic N) is 5. The number of benzene rings is 1. The molecule has 13 nitrogen and oxygen atoms in total. The number of anilines is 2. The van der Waals surface area contributed by atoms with E-state index in [1.807, 2.05) is 0 Å². The molecule has 1 aromatic carbocycles. The molecule has 0 unspecified atom stereocenters. The highest BCUT2D eigenvalue weighted by Gasteiger charge is 2.49. The molecule has 1 N–H and O–H groups in total. The van der Waals surface area contributed by atoms with Crippen LogP contribution in [0.3, 0.4) is 0 Å². The van der Waals surface area contributed by atoms with Crippen molar-refractivity contribution in [1.82, 2.24) is 19.5 Å². The van der Waals surface area contributed by atoms with Gasteiger partial charge in [-0.1, -0.05) is 0 Å². The number of hydrogen-bond donors (Lipinski definition) is 1. The number of carbonyl (C=O) groups is 2. The normalized spacial score (nSPS) is 24.5. The van der Waals surface area contributed by atoms with E-state index in [1.54, 1.807) is 14.0 Å². The lowest BCUT2D eigenvalue weighted by Gasteiger charge is -2.28. The molecular formula is C27H29F3N6O7S. The number of hydrogen-bond acceptors (Lipinski definition) is 10. The monoisotopic (exact) mass is 638 g/mol. The van der Waals surface area contributed by atoms with Crippen LogP contribution in [0.5, 0.6) is 5.75 Å². The largest absolute Gasteiger partial charge is 0.483 e. The van der Waals surface area contributed by atoms with Crippen molar-refractivity contribution in [2.24, 2.45) is 4.36 Å². The highest BCUT2D eigenvalue weighted by atomic mass is 32.2. The number of rotatable bonds is 7. The van der Waals surface area contributed by atoms with E-state index in [1.165, 1.54) is 35.2 Å². The summed E-state index contributed by atoms with van der Waals surface area (Å²) in [6.07, 6.45) is -1.92. The zero-order valence-corrected chi connectivity index (χ0v) is 24.5. The van der Waals surface area contributed by atoms with Gasteiger partial charge in [0.05, 0.1) is 34.2 Å². The van der Waals surface area contributed by atoms with Gasteiger partial charge in [0.15, 0.2) is 11.9 Å². The molecule has 0 aliphatic carbocycles. The van der Waals surface area contributed by atoms with Crippen LogP contribution >= 0.6 is 0 Å². The van der Waals surface area contributed by atoms with E-state index in [2.05, 4.69) is 19.8 Å². The zero-order chi connectivity index (χ0) is 31.2. The molecule has 17 heteroatoms. The lowest BCUT2D eigenvalue weighted by molar-refractivity contribution is -0.142. The average Bonchev–Trinajstić information content (AvgIpc) is 3.69. The van der Waals surface area contributed by atoms with Gasteiger partial charge in [0.2, 0.25) is 0 Å². The SMILES string of the molecule is CO[C@@H]1CO[C@H]2[C@@H]1OC[C@H]2Oc1cc(F)ccc1Nc1ncnn2cc(C(=O)N=S3(=O)CCN(C(=O)C(F)F)CC3)c(C)c12. The molecule has 44 heavy (non-hydrogen) atoms. The number of halogens is 3. The van der Waals surface area contributed by atoms with Crippen molar-refractivity contribution in [1.29, 1.82) is 0 Å². The topological polar surface area (TPSA) is 146 Å². The molecule has 0 spiro atoms. The first-order valence-electron chi connectivity index (χ1n) is 13.7. The number of nitrogens with one attached hydrogen (secondary N) is 1. The van der Waals surface area contributed by atoms with Gasteiger partial charge in [0, 0.05) is 44.0 Å². The highest BCUT2D eigenvalue weighted by molar-refractivity contribution is 7.94. The van der Waals surface area contributed by atoms with Crippen molar-refractivity contribution < 1.29 is 45.9 Å². The van der Waals surface area contributed by atoms with Crippen LogP contribution < -0.4 is 10.1 Å². The second kappa shape index (κ2) is 11.9. The Morgan fingerprint density at radius 1 is 1.16 bits per heavy atom. The summed E-state index contributed by atoms with van der Waals surface area (Å²) in [7, 11) is -1.50. The quantitative estimate of drug-likeness (QED) is 0.409. The Bertz CT molecular complexity index is 1720. The van der Waals surface area contributed by atoms with Gasteiger partial charge in [0.25, 0.3) is 11.8 Å². The van der Waals surface area contributed by atoms with E-state index in [4.69, 9.17) is 18.9 Å². The van der Waals surface area contributed by atoms with E-state index in [-0.39, 0.29) is 60.5 Å². The van der Waals surface area contributed by atoms with Crippen LogP contribution in [0.1, 0.15) is 15.9 Å². The first-order chi connectivity index (χ1) is 21.1. The third-order valence-corrected chi connectivity index (χ3v) is 10.0. The second-order valence-electron chi connectivity index (χ2n) is 10.6. The van der Waals surface area contributed by atoms with Crippen LogP contribution in [-0.2, 0) is 28.7 Å². The van der Waals surface area contributed by atoms with Crippen molar-refractivity contribution in [2.75, 3.05) is 50.2 Å². The van der Waals surface area contributed by atoms with Crippen molar-refractivity contribution in [3.63, 3.8) is 0 Å². The Morgan fingerprint density at radius 3 is 2.57 bits per heavy atom. The zero-order valence-electron chi connectivity index (χ0n) is 23.7. The Balaban J connectivity index is 1.24. The lowest BCUT2D eigenvalue weighted by atomic mass is 10.1. The number of aromatic nitrogens is 3. The van der Waals surface area contributed by atoms with Crippen molar-refractivity contribution in [3.05, 3.63) is 47.7 Å². The van der Waals surface area contributed by atoms with Crippen LogP contribution in [0, 0.1) is 12.7 Å². The first-order valence-corrected chi connectivity index (χ1v) is 15.6. The highest BCUT2D eigenvalue weighted by Crippen LogP contribution is 2.36. The number of ether oxygens (including phenoxy) is 4. The standard InChI is InChI=1S/C27H29F3N6O7S/c1-14-16(26(37)34-44(39)7-5-35(6-8-44)27(38)24(29)30)10-36-21(14)25(31-13-32-36)33-17-4-3-15(28)9-18(17)43-20-12-42-22-19(40-2)11-41-23(20)22/h3-4,9-10,13,19-20,22-24H,5-8,11-12H2,1-2H3,(H,31,32,33)/t19-,20-,22-,23-/m1/s1. The molecule has 4 atom stereocenters. The third kappa shape index (κ3) is 5.71. The summed E-state index contributed by atoms with van der Waals surface area (Å²) < 4.78 is 81.6. The fraction of sp³-hybridized carbons (Fsp3) is 0.481. The molecular weight excluding hydrogens is 609 g/mol. The Labute approximate surface area is 249 Å². The van der Waals surface area contributed by atoms with Crippen molar-refractivity contribution >= 4 is 38.6 Å².